The topological polar surface area (TPSA) is 65.5 Å². The van der Waals surface area contributed by atoms with Crippen molar-refractivity contribution < 1.29 is 9.59 Å². The van der Waals surface area contributed by atoms with Gasteiger partial charge in [0.05, 0.1) is 16.4 Å². The van der Waals surface area contributed by atoms with Crippen molar-refractivity contribution in [3.05, 3.63) is 28.9 Å². The van der Waals surface area contributed by atoms with Gasteiger partial charge < -0.3 is 10.2 Å². The van der Waals surface area contributed by atoms with E-state index in [0.717, 1.165) is 55.0 Å². The van der Waals surface area contributed by atoms with Crippen molar-refractivity contribution in [1.82, 2.24) is 20.1 Å². The largest absolute Gasteiger partial charge is 0.338 e. The van der Waals surface area contributed by atoms with Gasteiger partial charge in [-0.15, -0.1) is 11.3 Å². The molecule has 0 radical (unpaired) electrons. The zero-order chi connectivity index (χ0) is 17.7. The lowest BCUT2D eigenvalue weighted by Gasteiger charge is -2.45. The van der Waals surface area contributed by atoms with E-state index in [-0.39, 0.29) is 18.0 Å². The number of piperidine rings is 3. The Morgan fingerprint density at radius 2 is 2.00 bits per heavy atom. The molecule has 0 saturated carbocycles. The molecular formula is C19H22N4O2S. The summed E-state index contributed by atoms with van der Waals surface area (Å²) >= 11 is 1.51. The van der Waals surface area contributed by atoms with Crippen LogP contribution < -0.4 is 5.32 Å². The Labute approximate surface area is 156 Å². The number of rotatable bonds is 3. The third-order valence-corrected chi connectivity index (χ3v) is 6.94. The van der Waals surface area contributed by atoms with Crippen LogP contribution in [0.5, 0.6) is 0 Å². The van der Waals surface area contributed by atoms with Crippen LogP contribution in [0.3, 0.4) is 0 Å². The van der Waals surface area contributed by atoms with Crippen LogP contribution in [0, 0.1) is 5.92 Å². The molecule has 26 heavy (non-hydrogen) atoms. The van der Waals surface area contributed by atoms with E-state index in [9.17, 15) is 9.59 Å². The van der Waals surface area contributed by atoms with Crippen molar-refractivity contribution >= 4 is 33.2 Å². The van der Waals surface area contributed by atoms with Crippen molar-refractivity contribution in [1.29, 1.82) is 0 Å². The van der Waals surface area contributed by atoms with E-state index in [1.54, 1.807) is 12.3 Å². The van der Waals surface area contributed by atoms with Gasteiger partial charge in [-0.3, -0.25) is 14.5 Å². The fourth-order valence-electron chi connectivity index (χ4n) is 4.25. The Kier molecular flexibility index (Phi) is 3.94. The van der Waals surface area contributed by atoms with Crippen LogP contribution in [-0.2, 0) is 0 Å². The summed E-state index contributed by atoms with van der Waals surface area (Å²) in [6.45, 7) is 3.79. The smallest absolute Gasteiger partial charge is 0.271 e. The number of carbonyl (C=O) groups excluding carboxylic acids is 2. The van der Waals surface area contributed by atoms with Crippen LogP contribution in [-0.4, -0.2) is 58.9 Å². The number of pyridine rings is 1. The van der Waals surface area contributed by atoms with E-state index in [2.05, 4.69) is 15.2 Å². The van der Waals surface area contributed by atoms with Gasteiger partial charge in [0.2, 0.25) is 0 Å². The van der Waals surface area contributed by atoms with Crippen LogP contribution >= 0.6 is 11.3 Å². The second kappa shape index (κ2) is 6.32. The molecule has 7 heteroatoms. The van der Waals surface area contributed by atoms with Crippen LogP contribution in [0.15, 0.2) is 17.6 Å². The second-order valence-electron chi connectivity index (χ2n) is 7.57. The van der Waals surface area contributed by atoms with Gasteiger partial charge in [0.15, 0.2) is 0 Å². The van der Waals surface area contributed by atoms with Gasteiger partial charge in [0, 0.05) is 43.1 Å². The molecule has 1 atom stereocenters. The number of hydrogen-bond donors (Lipinski definition) is 1. The first-order valence-electron chi connectivity index (χ1n) is 9.40. The predicted octanol–water partition coefficient (Wildman–Crippen LogP) is 2.31. The number of likely N-dealkylation sites (tertiary alicyclic amines) is 1. The monoisotopic (exact) mass is 370 g/mol. The standard InChI is InChI=1S/C19H22N4O2S/c24-18(21-17-8-12-2-6-22(17)7-3-12)15-9-13-14(11-26-16(13)10-20-15)19(25)23-4-1-5-23/h9-12,17H,1-8H2,(H,21,24). The minimum Gasteiger partial charge on any atom is -0.338 e. The summed E-state index contributed by atoms with van der Waals surface area (Å²) in [4.78, 5) is 33.9. The second-order valence-corrected chi connectivity index (χ2v) is 8.48. The van der Waals surface area contributed by atoms with Gasteiger partial charge >= 0.3 is 0 Å². The van der Waals surface area contributed by atoms with Gasteiger partial charge in [-0.05, 0) is 37.7 Å². The lowest BCUT2D eigenvalue weighted by Crippen LogP contribution is -2.56. The van der Waals surface area contributed by atoms with Crippen molar-refractivity contribution in [2.24, 2.45) is 5.92 Å². The molecule has 2 aromatic rings. The molecule has 4 saturated heterocycles. The Bertz CT molecular complexity index is 868. The molecule has 2 aromatic heterocycles. The first kappa shape index (κ1) is 16.2. The highest BCUT2D eigenvalue weighted by molar-refractivity contribution is 7.17. The SMILES string of the molecule is O=C(NC1CC2CCN1CC2)c1cc2c(C(=O)N3CCC3)csc2cn1. The number of aromatic nitrogens is 1. The van der Waals surface area contributed by atoms with Gasteiger partial charge in [-0.2, -0.15) is 0 Å². The third kappa shape index (κ3) is 2.70. The Morgan fingerprint density at radius 1 is 1.19 bits per heavy atom. The number of thiophene rings is 1. The van der Waals surface area contributed by atoms with Gasteiger partial charge in [-0.1, -0.05) is 0 Å². The summed E-state index contributed by atoms with van der Waals surface area (Å²) in [5.74, 6) is 0.659. The molecular weight excluding hydrogens is 348 g/mol. The van der Waals surface area contributed by atoms with Crippen LogP contribution in [0.1, 0.15) is 46.5 Å². The first-order valence-corrected chi connectivity index (χ1v) is 10.3. The molecule has 2 bridgehead atoms. The summed E-state index contributed by atoms with van der Waals surface area (Å²) in [5, 5.41) is 5.88. The predicted molar refractivity (Wildman–Crippen MR) is 100 cm³/mol. The van der Waals surface area contributed by atoms with Crippen LogP contribution in [0.4, 0.5) is 0 Å². The maximum absolute atomic E-state index is 12.7. The molecule has 0 aromatic carbocycles. The summed E-state index contributed by atoms with van der Waals surface area (Å²) < 4.78 is 0.950. The summed E-state index contributed by atoms with van der Waals surface area (Å²) in [6, 6.07) is 1.78. The highest BCUT2D eigenvalue weighted by Gasteiger charge is 2.34. The highest BCUT2D eigenvalue weighted by Crippen LogP contribution is 2.31. The van der Waals surface area contributed by atoms with E-state index in [1.165, 1.54) is 24.2 Å². The van der Waals surface area contributed by atoms with Crippen LogP contribution in [0.25, 0.3) is 10.1 Å². The molecule has 4 fully saturated rings. The van der Waals surface area contributed by atoms with Crippen molar-refractivity contribution in [2.75, 3.05) is 26.2 Å². The zero-order valence-electron chi connectivity index (χ0n) is 14.6. The van der Waals surface area contributed by atoms with Crippen LogP contribution in [0.2, 0.25) is 0 Å². The minimum atomic E-state index is -0.141. The number of nitrogens with zero attached hydrogens (tertiary/aromatic N) is 3. The van der Waals surface area contributed by atoms with E-state index in [1.807, 2.05) is 10.3 Å². The Balaban J connectivity index is 1.38. The highest BCUT2D eigenvalue weighted by atomic mass is 32.1. The molecule has 1 unspecified atom stereocenters. The molecule has 136 valence electrons. The third-order valence-electron chi connectivity index (χ3n) is 6.01. The fraction of sp³-hybridized carbons (Fsp3) is 0.526. The molecule has 6 nitrogen and oxygen atoms in total. The maximum atomic E-state index is 12.7. The maximum Gasteiger partial charge on any atom is 0.271 e. The van der Waals surface area contributed by atoms with Gasteiger partial charge in [0.25, 0.3) is 11.8 Å². The quantitative estimate of drug-likeness (QED) is 0.900. The molecule has 6 rings (SSSR count). The zero-order valence-corrected chi connectivity index (χ0v) is 15.4. The normalized spacial score (nSPS) is 27.4. The van der Waals surface area contributed by atoms with E-state index in [0.29, 0.717) is 11.3 Å². The van der Waals surface area contributed by atoms with Crippen molar-refractivity contribution in [3.63, 3.8) is 0 Å². The molecule has 0 aliphatic carbocycles. The summed E-state index contributed by atoms with van der Waals surface area (Å²) in [6.07, 6.45) is 6.43. The molecule has 4 aliphatic rings. The Morgan fingerprint density at radius 3 is 2.65 bits per heavy atom. The van der Waals surface area contributed by atoms with Crippen molar-refractivity contribution in [3.8, 4) is 0 Å². The lowest BCUT2D eigenvalue weighted by molar-refractivity contribution is 0.0293. The minimum absolute atomic E-state index is 0.0655. The number of hydrogen-bond acceptors (Lipinski definition) is 5. The average Bonchev–Trinajstić information content (AvgIpc) is 3.04. The molecule has 6 heterocycles. The van der Waals surface area contributed by atoms with Gasteiger partial charge in [-0.25, -0.2) is 4.98 Å². The lowest BCUT2D eigenvalue weighted by atomic mass is 9.86. The Hall–Kier alpha value is -1.99. The fourth-order valence-corrected chi connectivity index (χ4v) is 5.14. The molecule has 2 amide bonds. The van der Waals surface area contributed by atoms with Gasteiger partial charge in [0.1, 0.15) is 5.69 Å². The number of amides is 2. The molecule has 4 aliphatic heterocycles. The van der Waals surface area contributed by atoms with E-state index in [4.69, 9.17) is 0 Å². The van der Waals surface area contributed by atoms with E-state index < -0.39 is 0 Å². The number of carbonyl (C=O) groups is 2. The summed E-state index contributed by atoms with van der Waals surface area (Å²) in [7, 11) is 0. The first-order chi connectivity index (χ1) is 12.7. The molecule has 0 spiro atoms. The van der Waals surface area contributed by atoms with E-state index >= 15 is 0 Å². The number of fused-ring (bicyclic) bond motifs is 4. The average molecular weight is 370 g/mol. The summed E-state index contributed by atoms with van der Waals surface area (Å²) in [5.41, 5.74) is 1.10. The molecule has 1 N–H and O–H groups in total. The van der Waals surface area contributed by atoms with Crippen molar-refractivity contribution in [2.45, 2.75) is 31.8 Å². The number of nitrogens with one attached hydrogen (secondary N) is 1.